The van der Waals surface area contributed by atoms with Crippen LogP contribution in [0.15, 0.2) is 18.2 Å². The summed E-state index contributed by atoms with van der Waals surface area (Å²) in [6, 6.07) is 4.94. The fourth-order valence-corrected chi connectivity index (χ4v) is 2.51. The Kier molecular flexibility index (Phi) is 4.95. The second-order valence-electron chi connectivity index (χ2n) is 4.40. The zero-order valence-electron chi connectivity index (χ0n) is 10.2. The van der Waals surface area contributed by atoms with Crippen LogP contribution < -0.4 is 5.73 Å². The first-order valence-electron chi connectivity index (χ1n) is 6.20. The molecule has 100 valence electrons. The van der Waals surface area contributed by atoms with E-state index in [1.54, 1.807) is 18.2 Å². The molecule has 0 amide bonds. The summed E-state index contributed by atoms with van der Waals surface area (Å²) < 4.78 is 19.5. The Morgan fingerprint density at radius 2 is 2.22 bits per heavy atom. The lowest BCUT2D eigenvalue weighted by Crippen LogP contribution is -2.36. The number of halogens is 2. The molecule has 1 aliphatic heterocycles. The van der Waals surface area contributed by atoms with Crippen molar-refractivity contribution in [2.24, 2.45) is 5.73 Å². The van der Waals surface area contributed by atoms with E-state index in [-0.39, 0.29) is 16.9 Å². The molecule has 5 heteroatoms. The monoisotopic (exact) mass is 272 g/mol. The summed E-state index contributed by atoms with van der Waals surface area (Å²) in [5, 5.41) is 0.150. The summed E-state index contributed by atoms with van der Waals surface area (Å²) in [5.41, 5.74) is 6.39. The van der Waals surface area contributed by atoms with E-state index in [4.69, 9.17) is 22.1 Å². The molecule has 1 aromatic carbocycles. The first kappa shape index (κ1) is 13.7. The van der Waals surface area contributed by atoms with Crippen LogP contribution in [0.4, 0.5) is 4.39 Å². The number of benzene rings is 1. The fourth-order valence-electron chi connectivity index (χ4n) is 2.33. The van der Waals surface area contributed by atoms with E-state index in [2.05, 4.69) is 4.90 Å². The lowest BCUT2D eigenvalue weighted by molar-refractivity contribution is 0.132. The van der Waals surface area contributed by atoms with Gasteiger partial charge in [-0.25, -0.2) is 4.39 Å². The molecule has 0 aliphatic carbocycles. The number of ether oxygens (including phenoxy) is 1. The molecular formula is C13H18ClFN2O. The third-order valence-corrected chi connectivity index (χ3v) is 3.55. The van der Waals surface area contributed by atoms with Gasteiger partial charge in [0.25, 0.3) is 0 Å². The van der Waals surface area contributed by atoms with Gasteiger partial charge in [0, 0.05) is 31.8 Å². The first-order chi connectivity index (χ1) is 8.74. The van der Waals surface area contributed by atoms with Crippen molar-refractivity contribution in [2.75, 3.05) is 32.8 Å². The van der Waals surface area contributed by atoms with Crippen molar-refractivity contribution < 1.29 is 9.13 Å². The Hall–Kier alpha value is -0.680. The largest absolute Gasteiger partial charge is 0.380 e. The summed E-state index contributed by atoms with van der Waals surface area (Å²) in [4.78, 5) is 2.17. The van der Waals surface area contributed by atoms with Crippen molar-refractivity contribution in [1.29, 1.82) is 0 Å². The van der Waals surface area contributed by atoms with Crippen molar-refractivity contribution >= 4 is 11.6 Å². The van der Waals surface area contributed by atoms with Gasteiger partial charge in [0.15, 0.2) is 0 Å². The summed E-state index contributed by atoms with van der Waals surface area (Å²) >= 11 is 5.83. The maximum atomic E-state index is 14.0. The van der Waals surface area contributed by atoms with Crippen LogP contribution in [0.3, 0.4) is 0 Å². The zero-order valence-corrected chi connectivity index (χ0v) is 11.0. The molecule has 1 unspecified atom stereocenters. The van der Waals surface area contributed by atoms with Crippen molar-refractivity contribution in [3.63, 3.8) is 0 Å². The van der Waals surface area contributed by atoms with Gasteiger partial charge >= 0.3 is 0 Å². The van der Waals surface area contributed by atoms with Gasteiger partial charge in [-0.3, -0.25) is 4.90 Å². The molecule has 1 aliphatic rings. The second kappa shape index (κ2) is 6.48. The average molecular weight is 273 g/mol. The zero-order chi connectivity index (χ0) is 13.0. The van der Waals surface area contributed by atoms with E-state index in [1.807, 2.05) is 0 Å². The van der Waals surface area contributed by atoms with E-state index in [0.717, 1.165) is 26.1 Å². The maximum absolute atomic E-state index is 14.0. The second-order valence-corrected chi connectivity index (χ2v) is 4.80. The number of nitrogens with two attached hydrogens (primary N) is 1. The van der Waals surface area contributed by atoms with Gasteiger partial charge in [0.2, 0.25) is 0 Å². The normalized spacial score (nSPS) is 19.5. The van der Waals surface area contributed by atoms with Gasteiger partial charge in [-0.15, -0.1) is 0 Å². The van der Waals surface area contributed by atoms with Crippen molar-refractivity contribution in [3.05, 3.63) is 34.6 Å². The number of rotatable bonds is 3. The number of nitrogens with zero attached hydrogens (tertiary/aromatic N) is 1. The third kappa shape index (κ3) is 3.01. The average Bonchev–Trinajstić information content (AvgIpc) is 2.64. The van der Waals surface area contributed by atoms with Crippen molar-refractivity contribution in [2.45, 2.75) is 12.5 Å². The molecule has 1 fully saturated rings. The summed E-state index contributed by atoms with van der Waals surface area (Å²) in [6.45, 7) is 3.43. The highest BCUT2D eigenvalue weighted by Crippen LogP contribution is 2.27. The van der Waals surface area contributed by atoms with Gasteiger partial charge in [-0.05, 0) is 12.5 Å². The Morgan fingerprint density at radius 3 is 3.00 bits per heavy atom. The molecule has 1 saturated heterocycles. The SMILES string of the molecule is NCC(c1cccc(Cl)c1F)N1CCCOCC1. The van der Waals surface area contributed by atoms with Crippen LogP contribution >= 0.6 is 11.6 Å². The van der Waals surface area contributed by atoms with Crippen LogP contribution in [0.5, 0.6) is 0 Å². The minimum atomic E-state index is -0.361. The van der Waals surface area contributed by atoms with Crippen LogP contribution in [0, 0.1) is 5.82 Å². The molecule has 2 N–H and O–H groups in total. The van der Waals surface area contributed by atoms with E-state index in [9.17, 15) is 4.39 Å². The van der Waals surface area contributed by atoms with Crippen molar-refractivity contribution in [3.8, 4) is 0 Å². The molecule has 1 atom stereocenters. The van der Waals surface area contributed by atoms with Crippen LogP contribution in [0.2, 0.25) is 5.02 Å². The predicted octanol–water partition coefficient (Wildman–Crippen LogP) is 2.20. The molecule has 0 aromatic heterocycles. The highest BCUT2D eigenvalue weighted by atomic mass is 35.5. The molecule has 1 aromatic rings. The molecule has 0 spiro atoms. The van der Waals surface area contributed by atoms with E-state index in [0.29, 0.717) is 18.7 Å². The van der Waals surface area contributed by atoms with Gasteiger partial charge in [-0.1, -0.05) is 23.7 Å². The quantitative estimate of drug-likeness (QED) is 0.917. The lowest BCUT2D eigenvalue weighted by Gasteiger charge is -2.29. The summed E-state index contributed by atoms with van der Waals surface area (Å²) in [7, 11) is 0. The van der Waals surface area contributed by atoms with E-state index in [1.165, 1.54) is 0 Å². The van der Waals surface area contributed by atoms with Crippen LogP contribution in [0.25, 0.3) is 0 Å². The Morgan fingerprint density at radius 1 is 1.39 bits per heavy atom. The molecule has 18 heavy (non-hydrogen) atoms. The van der Waals surface area contributed by atoms with Crippen LogP contribution in [-0.2, 0) is 4.74 Å². The standard InChI is InChI=1S/C13H18ClFN2O/c14-11-4-1-3-10(13(11)15)12(9-16)17-5-2-7-18-8-6-17/h1,3-4,12H,2,5-9,16H2. The molecule has 3 nitrogen and oxygen atoms in total. The van der Waals surface area contributed by atoms with Crippen LogP contribution in [-0.4, -0.2) is 37.7 Å². The summed E-state index contributed by atoms with van der Waals surface area (Å²) in [5.74, 6) is -0.361. The lowest BCUT2D eigenvalue weighted by atomic mass is 10.0. The summed E-state index contributed by atoms with van der Waals surface area (Å²) in [6.07, 6.45) is 0.943. The molecule has 1 heterocycles. The van der Waals surface area contributed by atoms with Gasteiger partial charge < -0.3 is 10.5 Å². The van der Waals surface area contributed by atoms with Crippen LogP contribution in [0.1, 0.15) is 18.0 Å². The van der Waals surface area contributed by atoms with Gasteiger partial charge in [-0.2, -0.15) is 0 Å². The first-order valence-corrected chi connectivity index (χ1v) is 6.57. The highest BCUT2D eigenvalue weighted by Gasteiger charge is 2.23. The molecular weight excluding hydrogens is 255 g/mol. The molecule has 0 bridgehead atoms. The fraction of sp³-hybridized carbons (Fsp3) is 0.538. The molecule has 0 saturated carbocycles. The minimum absolute atomic E-state index is 0.134. The van der Waals surface area contributed by atoms with E-state index < -0.39 is 0 Å². The minimum Gasteiger partial charge on any atom is -0.380 e. The topological polar surface area (TPSA) is 38.5 Å². The highest BCUT2D eigenvalue weighted by molar-refractivity contribution is 6.30. The Balaban J connectivity index is 2.23. The predicted molar refractivity (Wildman–Crippen MR) is 70.2 cm³/mol. The van der Waals surface area contributed by atoms with Gasteiger partial charge in [0.1, 0.15) is 5.82 Å². The molecule has 0 radical (unpaired) electrons. The van der Waals surface area contributed by atoms with E-state index >= 15 is 0 Å². The Labute approximate surface area is 112 Å². The molecule has 2 rings (SSSR count). The maximum Gasteiger partial charge on any atom is 0.146 e. The van der Waals surface area contributed by atoms with Gasteiger partial charge in [0.05, 0.1) is 17.7 Å². The number of hydrogen-bond donors (Lipinski definition) is 1. The Bertz CT molecular complexity index is 395. The van der Waals surface area contributed by atoms with Crippen molar-refractivity contribution in [1.82, 2.24) is 4.90 Å². The third-order valence-electron chi connectivity index (χ3n) is 3.26. The smallest absolute Gasteiger partial charge is 0.146 e. The number of hydrogen-bond acceptors (Lipinski definition) is 3.